The van der Waals surface area contributed by atoms with Crippen molar-refractivity contribution < 1.29 is 0 Å². The molecule has 1 saturated heterocycles. The van der Waals surface area contributed by atoms with E-state index in [4.69, 9.17) is 5.73 Å². The van der Waals surface area contributed by atoms with Crippen molar-refractivity contribution in [1.82, 2.24) is 9.03 Å². The normalized spacial score (nSPS) is 31.4. The van der Waals surface area contributed by atoms with Crippen LogP contribution in [0.4, 0.5) is 0 Å². The molecule has 1 spiro atoms. The number of allylic oxidation sites excluding steroid dienone is 2. The van der Waals surface area contributed by atoms with Crippen LogP contribution in [-0.4, -0.2) is 23.1 Å². The summed E-state index contributed by atoms with van der Waals surface area (Å²) in [5.41, 5.74) is 7.33. The Kier molecular flexibility index (Phi) is 1.95. The second kappa shape index (κ2) is 3.19. The van der Waals surface area contributed by atoms with Crippen LogP contribution in [0, 0.1) is 0 Å². The van der Waals surface area contributed by atoms with Crippen LogP contribution in [0.1, 0.15) is 0 Å². The Labute approximate surface area is 92.1 Å². The number of nitrogens with one attached hydrogen (secondary N) is 1. The standard InChI is InChI=1S/C9H11N5S/c10-4-5-14-8-3-1-2-7-6-11-12-9(7,8)13-15-14/h1-3,6,13H,4-5,10H2. The number of hydrogen-bond donors (Lipinski definition) is 2. The van der Waals surface area contributed by atoms with E-state index in [-0.39, 0.29) is 0 Å². The summed E-state index contributed by atoms with van der Waals surface area (Å²) in [7, 11) is 0. The van der Waals surface area contributed by atoms with Crippen molar-refractivity contribution in [2.24, 2.45) is 16.0 Å². The second-order valence-electron chi connectivity index (χ2n) is 3.51. The molecular formula is C9H11N5S. The fourth-order valence-corrected chi connectivity index (χ4v) is 2.90. The minimum atomic E-state index is -0.450. The Balaban J connectivity index is 2.01. The largest absolute Gasteiger partial charge is 0.329 e. The molecule has 3 N–H and O–H groups in total. The first kappa shape index (κ1) is 9.14. The van der Waals surface area contributed by atoms with Crippen LogP contribution in [0.15, 0.2) is 45.9 Å². The van der Waals surface area contributed by atoms with E-state index in [9.17, 15) is 0 Å². The zero-order valence-corrected chi connectivity index (χ0v) is 8.87. The van der Waals surface area contributed by atoms with Gasteiger partial charge in [0.2, 0.25) is 5.66 Å². The van der Waals surface area contributed by atoms with Gasteiger partial charge in [-0.2, -0.15) is 10.2 Å². The van der Waals surface area contributed by atoms with E-state index in [1.165, 1.54) is 12.1 Å². The van der Waals surface area contributed by atoms with E-state index in [0.717, 1.165) is 17.8 Å². The first-order valence-corrected chi connectivity index (χ1v) is 5.57. The zero-order valence-electron chi connectivity index (χ0n) is 8.05. The Morgan fingerprint density at radius 1 is 1.60 bits per heavy atom. The maximum atomic E-state index is 5.57. The van der Waals surface area contributed by atoms with Gasteiger partial charge in [-0.1, -0.05) is 12.2 Å². The Morgan fingerprint density at radius 2 is 2.53 bits per heavy atom. The lowest BCUT2D eigenvalue weighted by Crippen LogP contribution is -2.39. The van der Waals surface area contributed by atoms with Crippen LogP contribution in [0.5, 0.6) is 0 Å². The van der Waals surface area contributed by atoms with Gasteiger partial charge in [0.15, 0.2) is 0 Å². The molecule has 1 unspecified atom stereocenters. The van der Waals surface area contributed by atoms with Gasteiger partial charge in [0.05, 0.1) is 11.9 Å². The topological polar surface area (TPSA) is 66.0 Å². The molecule has 1 aliphatic carbocycles. The monoisotopic (exact) mass is 221 g/mol. The van der Waals surface area contributed by atoms with Crippen molar-refractivity contribution in [2.75, 3.05) is 13.1 Å². The molecule has 0 aromatic rings. The molecule has 2 aliphatic heterocycles. The van der Waals surface area contributed by atoms with Crippen LogP contribution in [0.3, 0.4) is 0 Å². The quantitative estimate of drug-likeness (QED) is 0.680. The van der Waals surface area contributed by atoms with Crippen LogP contribution in [0.2, 0.25) is 0 Å². The third-order valence-corrected chi connectivity index (χ3v) is 3.61. The Bertz CT molecular complexity index is 411. The van der Waals surface area contributed by atoms with Crippen molar-refractivity contribution >= 4 is 12.1 Å². The molecule has 78 valence electrons. The number of nitrogens with two attached hydrogens (primary N) is 1. The number of rotatable bonds is 2. The average molecular weight is 221 g/mol. The summed E-state index contributed by atoms with van der Waals surface area (Å²) >= 11 is 1.54. The summed E-state index contributed by atoms with van der Waals surface area (Å²) in [6.07, 6.45) is 7.91. The van der Waals surface area contributed by atoms with Gasteiger partial charge < -0.3 is 10.0 Å². The van der Waals surface area contributed by atoms with Gasteiger partial charge in [-0.15, -0.1) is 0 Å². The maximum absolute atomic E-state index is 5.57. The van der Waals surface area contributed by atoms with Crippen molar-refractivity contribution in [3.63, 3.8) is 0 Å². The highest BCUT2D eigenvalue weighted by Crippen LogP contribution is 2.45. The molecule has 0 amide bonds. The highest BCUT2D eigenvalue weighted by atomic mass is 32.2. The summed E-state index contributed by atoms with van der Waals surface area (Å²) in [5.74, 6) is 0. The molecule has 3 rings (SSSR count). The number of azo groups is 1. The molecule has 0 aromatic carbocycles. The van der Waals surface area contributed by atoms with E-state index >= 15 is 0 Å². The predicted octanol–water partition coefficient (Wildman–Crippen LogP) is 0.913. The van der Waals surface area contributed by atoms with Gasteiger partial charge in [0.25, 0.3) is 0 Å². The second-order valence-corrected chi connectivity index (χ2v) is 4.33. The molecule has 6 heteroatoms. The van der Waals surface area contributed by atoms with Gasteiger partial charge in [-0.3, -0.25) is 0 Å². The van der Waals surface area contributed by atoms with Gasteiger partial charge in [-0.05, 0) is 6.08 Å². The lowest BCUT2D eigenvalue weighted by Gasteiger charge is -2.26. The van der Waals surface area contributed by atoms with Gasteiger partial charge in [0.1, 0.15) is 0 Å². The highest BCUT2D eigenvalue weighted by molar-refractivity contribution is 7.95. The smallest absolute Gasteiger partial charge is 0.210 e. The lowest BCUT2D eigenvalue weighted by atomic mass is 9.94. The fraction of sp³-hybridized carbons (Fsp3) is 0.333. The highest BCUT2D eigenvalue weighted by Gasteiger charge is 2.49. The molecule has 3 aliphatic rings. The zero-order chi connectivity index (χ0) is 10.3. The molecular weight excluding hydrogens is 210 g/mol. The fourth-order valence-electron chi connectivity index (χ4n) is 1.90. The minimum absolute atomic E-state index is 0.450. The number of hydrogen-bond acceptors (Lipinski definition) is 6. The Hall–Kier alpha value is -1.11. The number of nitrogens with zero attached hydrogens (tertiary/aromatic N) is 3. The Morgan fingerprint density at radius 3 is 3.40 bits per heavy atom. The van der Waals surface area contributed by atoms with Crippen LogP contribution < -0.4 is 10.5 Å². The van der Waals surface area contributed by atoms with Gasteiger partial charge in [-0.25, -0.2) is 4.72 Å². The van der Waals surface area contributed by atoms with Crippen LogP contribution >= 0.6 is 12.1 Å². The van der Waals surface area contributed by atoms with Crippen molar-refractivity contribution in [3.05, 3.63) is 35.7 Å². The summed E-state index contributed by atoms with van der Waals surface area (Å²) in [5, 5.41) is 8.28. The molecule has 0 saturated carbocycles. The van der Waals surface area contributed by atoms with E-state index in [0.29, 0.717) is 6.54 Å². The first-order valence-electron chi connectivity index (χ1n) is 4.80. The van der Waals surface area contributed by atoms with Gasteiger partial charge in [0, 0.05) is 30.8 Å². The molecule has 0 aromatic heterocycles. The summed E-state index contributed by atoms with van der Waals surface area (Å²) < 4.78 is 5.43. The third-order valence-electron chi connectivity index (χ3n) is 2.63. The molecule has 0 bridgehead atoms. The minimum Gasteiger partial charge on any atom is -0.329 e. The third kappa shape index (κ3) is 1.12. The maximum Gasteiger partial charge on any atom is 0.210 e. The molecule has 1 atom stereocenters. The molecule has 0 radical (unpaired) electrons. The van der Waals surface area contributed by atoms with Gasteiger partial charge >= 0.3 is 0 Å². The average Bonchev–Trinajstić information content (AvgIpc) is 2.81. The molecule has 2 heterocycles. The van der Waals surface area contributed by atoms with E-state index in [1.54, 1.807) is 6.20 Å². The first-order chi connectivity index (χ1) is 7.37. The summed E-state index contributed by atoms with van der Waals surface area (Å²) in [6, 6.07) is 0. The molecule has 5 nitrogen and oxygen atoms in total. The van der Waals surface area contributed by atoms with E-state index in [2.05, 4.69) is 25.3 Å². The van der Waals surface area contributed by atoms with Crippen molar-refractivity contribution in [2.45, 2.75) is 5.66 Å². The van der Waals surface area contributed by atoms with Crippen molar-refractivity contribution in [1.29, 1.82) is 0 Å². The van der Waals surface area contributed by atoms with E-state index in [1.807, 2.05) is 12.2 Å². The predicted molar refractivity (Wildman–Crippen MR) is 59.4 cm³/mol. The van der Waals surface area contributed by atoms with Crippen LogP contribution in [-0.2, 0) is 0 Å². The summed E-state index contributed by atoms with van der Waals surface area (Å²) in [6.45, 7) is 1.43. The van der Waals surface area contributed by atoms with E-state index < -0.39 is 5.66 Å². The molecule has 15 heavy (non-hydrogen) atoms. The van der Waals surface area contributed by atoms with Crippen LogP contribution in [0.25, 0.3) is 0 Å². The molecule has 1 fully saturated rings. The SMILES string of the molecule is NCCN1SNC23N=NC=C2C=CC=C13. The summed E-state index contributed by atoms with van der Waals surface area (Å²) in [4.78, 5) is 0. The van der Waals surface area contributed by atoms with Crippen molar-refractivity contribution in [3.8, 4) is 0 Å². The lowest BCUT2D eigenvalue weighted by molar-refractivity contribution is 0.486.